The highest BCUT2D eigenvalue weighted by molar-refractivity contribution is 7.19. The third-order valence-corrected chi connectivity index (χ3v) is 17.7. The Balaban J connectivity index is 1.13. The molecule has 0 saturated carbocycles. The quantitative estimate of drug-likeness (QED) is 0.110. The summed E-state index contributed by atoms with van der Waals surface area (Å²) in [6.45, 7) is 4.73. The molecule has 286 valence electrons. The normalized spacial score (nSPS) is 13.0. The first-order valence-corrected chi connectivity index (χ1v) is 22.9. The van der Waals surface area contributed by atoms with Gasteiger partial charge in [-0.2, -0.15) is 0 Å². The minimum Gasteiger partial charge on any atom is -0.310 e. The van der Waals surface area contributed by atoms with Crippen LogP contribution in [0.3, 0.4) is 0 Å². The monoisotopic (exact) mass is 784 g/mol. The van der Waals surface area contributed by atoms with Crippen molar-refractivity contribution >= 4 is 67.7 Å². The molecule has 2 nitrogen and oxygen atoms in total. The van der Waals surface area contributed by atoms with E-state index in [0.717, 1.165) is 22.7 Å². The van der Waals surface area contributed by atoms with Crippen LogP contribution in [0.2, 0.25) is 0 Å². The number of fused-ring (bicyclic) bond motifs is 6. The number of hydrogen-bond acceptors (Lipinski definition) is 1. The highest BCUT2D eigenvalue weighted by Crippen LogP contribution is 2.51. The minimum atomic E-state index is -2.70. The van der Waals surface area contributed by atoms with Crippen molar-refractivity contribution in [3.63, 3.8) is 0 Å². The van der Waals surface area contributed by atoms with Gasteiger partial charge in [0.1, 0.15) is 0 Å². The van der Waals surface area contributed by atoms with Crippen LogP contribution in [0.5, 0.6) is 0 Å². The van der Waals surface area contributed by atoms with Gasteiger partial charge in [0.2, 0.25) is 0 Å². The second-order valence-corrected chi connectivity index (χ2v) is 20.3. The molecule has 3 heteroatoms. The zero-order valence-electron chi connectivity index (χ0n) is 33.8. The van der Waals surface area contributed by atoms with Crippen LogP contribution in [-0.2, 0) is 5.41 Å². The Labute approximate surface area is 353 Å². The second kappa shape index (κ2) is 14.3. The van der Waals surface area contributed by atoms with E-state index < -0.39 is 8.07 Å². The highest BCUT2D eigenvalue weighted by Gasteiger charge is 2.41. The number of benzene rings is 9. The zero-order chi connectivity index (χ0) is 40.3. The van der Waals surface area contributed by atoms with Gasteiger partial charge in [0.05, 0.1) is 11.0 Å². The van der Waals surface area contributed by atoms with Crippen molar-refractivity contribution in [3.05, 3.63) is 242 Å². The Bertz CT molecular complexity index is 3060. The fourth-order valence-electron chi connectivity index (χ4n) is 10.2. The molecule has 0 fully saturated rings. The molecule has 0 spiro atoms. The van der Waals surface area contributed by atoms with Crippen LogP contribution in [0.15, 0.2) is 231 Å². The predicted molar refractivity (Wildman–Crippen MR) is 257 cm³/mol. The van der Waals surface area contributed by atoms with Gasteiger partial charge in [0.15, 0.2) is 8.07 Å². The van der Waals surface area contributed by atoms with Crippen LogP contribution in [-0.4, -0.2) is 12.6 Å². The molecule has 0 aliphatic heterocycles. The SMILES string of the molecule is CC1(C)c2ccccc2-c2ccc(N(c3ccc([Si](c4ccccc4)(c4ccccc4)c4ccccc4)cc3)c3ccc4c(c3)c3ccccc3n4-c3ccccc3)cc21. The first kappa shape index (κ1) is 35.9. The van der Waals surface area contributed by atoms with Gasteiger partial charge in [-0.05, 0) is 104 Å². The average molecular weight is 785 g/mol. The number of anilines is 3. The van der Waals surface area contributed by atoms with Crippen LogP contribution in [0.25, 0.3) is 38.6 Å². The van der Waals surface area contributed by atoms with Gasteiger partial charge in [-0.15, -0.1) is 0 Å². The molecular formula is C57H44N2Si. The lowest BCUT2D eigenvalue weighted by atomic mass is 9.82. The summed E-state index contributed by atoms with van der Waals surface area (Å²) in [4.78, 5) is 2.47. The van der Waals surface area contributed by atoms with Crippen LogP contribution in [0.1, 0.15) is 25.0 Å². The molecule has 0 N–H and O–H groups in total. The average Bonchev–Trinajstić information content (AvgIpc) is 3.76. The molecule has 60 heavy (non-hydrogen) atoms. The van der Waals surface area contributed by atoms with Crippen molar-refractivity contribution in [2.45, 2.75) is 19.3 Å². The van der Waals surface area contributed by atoms with Gasteiger partial charge < -0.3 is 9.47 Å². The number of nitrogens with zero attached hydrogens (tertiary/aromatic N) is 2. The third-order valence-electron chi connectivity index (χ3n) is 12.9. The summed E-state index contributed by atoms with van der Waals surface area (Å²) in [6, 6.07) is 85.6. The van der Waals surface area contributed by atoms with Crippen molar-refractivity contribution < 1.29 is 0 Å². The molecule has 0 atom stereocenters. The summed E-state index contributed by atoms with van der Waals surface area (Å²) in [7, 11) is -2.70. The smallest absolute Gasteiger partial charge is 0.179 e. The standard InChI is InChI=1S/C57H44N2Si/c1-57(2)53-29-17-15-27-49(53)50-37-33-44(40-54(50)57)58(43-34-38-56-52(39-43)51-28-16-18-30-55(51)59(56)41-19-7-3-8-20-41)42-31-35-48(36-32-42)60(45-21-9-4-10-22-45,46-23-11-5-12-24-46)47-25-13-6-14-26-47/h3-40H,1-2H3. The van der Waals surface area contributed by atoms with Gasteiger partial charge in [0, 0.05) is 38.9 Å². The van der Waals surface area contributed by atoms with Gasteiger partial charge >= 0.3 is 0 Å². The van der Waals surface area contributed by atoms with Crippen LogP contribution >= 0.6 is 0 Å². The third kappa shape index (κ3) is 5.54. The van der Waals surface area contributed by atoms with E-state index in [1.165, 1.54) is 64.8 Å². The van der Waals surface area contributed by atoms with E-state index in [0.29, 0.717) is 0 Å². The van der Waals surface area contributed by atoms with E-state index in [-0.39, 0.29) is 5.41 Å². The maximum atomic E-state index is 2.47. The van der Waals surface area contributed by atoms with E-state index in [1.54, 1.807) is 0 Å². The molecule has 10 aromatic rings. The first-order chi connectivity index (χ1) is 29.5. The summed E-state index contributed by atoms with van der Waals surface area (Å²) in [5.74, 6) is 0. The lowest BCUT2D eigenvalue weighted by molar-refractivity contribution is 0.660. The summed E-state index contributed by atoms with van der Waals surface area (Å²) in [6.07, 6.45) is 0. The largest absolute Gasteiger partial charge is 0.310 e. The molecule has 0 amide bonds. The molecular weight excluding hydrogens is 741 g/mol. The molecule has 1 heterocycles. The predicted octanol–water partition coefficient (Wildman–Crippen LogP) is 11.9. The summed E-state index contributed by atoms with van der Waals surface area (Å²) in [5.41, 5.74) is 12.2. The second-order valence-electron chi connectivity index (χ2n) is 16.5. The fourth-order valence-corrected chi connectivity index (χ4v) is 14.9. The number of para-hydroxylation sites is 2. The number of aromatic nitrogens is 1. The molecule has 1 aliphatic rings. The number of rotatable bonds is 8. The molecule has 0 radical (unpaired) electrons. The van der Waals surface area contributed by atoms with Crippen LogP contribution in [0, 0.1) is 0 Å². The topological polar surface area (TPSA) is 8.17 Å². The molecule has 1 aliphatic carbocycles. The number of hydrogen-bond donors (Lipinski definition) is 0. The van der Waals surface area contributed by atoms with Crippen LogP contribution < -0.4 is 25.6 Å². The fraction of sp³-hybridized carbons (Fsp3) is 0.0526. The maximum Gasteiger partial charge on any atom is 0.179 e. The summed E-state index contributed by atoms with van der Waals surface area (Å²) < 4.78 is 2.39. The Kier molecular flexibility index (Phi) is 8.54. The summed E-state index contributed by atoms with van der Waals surface area (Å²) >= 11 is 0. The van der Waals surface area contributed by atoms with Crippen molar-refractivity contribution in [1.29, 1.82) is 0 Å². The Hall–Kier alpha value is -7.20. The summed E-state index contributed by atoms with van der Waals surface area (Å²) in [5, 5.41) is 7.92. The Morgan fingerprint density at radius 2 is 0.833 bits per heavy atom. The van der Waals surface area contributed by atoms with Gasteiger partial charge in [-0.25, -0.2) is 0 Å². The van der Waals surface area contributed by atoms with Crippen LogP contribution in [0.4, 0.5) is 17.1 Å². The van der Waals surface area contributed by atoms with E-state index in [1.807, 2.05) is 0 Å². The van der Waals surface area contributed by atoms with Gasteiger partial charge in [-0.1, -0.05) is 184 Å². The molecule has 11 rings (SSSR count). The minimum absolute atomic E-state index is 0.128. The molecule has 0 saturated heterocycles. The van der Waals surface area contributed by atoms with E-state index >= 15 is 0 Å². The van der Waals surface area contributed by atoms with E-state index in [4.69, 9.17) is 0 Å². The maximum absolute atomic E-state index is 2.70. The lowest BCUT2D eigenvalue weighted by Crippen LogP contribution is -2.74. The van der Waals surface area contributed by atoms with Crippen molar-refractivity contribution in [2.24, 2.45) is 0 Å². The molecule has 9 aromatic carbocycles. The first-order valence-electron chi connectivity index (χ1n) is 20.9. The van der Waals surface area contributed by atoms with Gasteiger partial charge in [0.25, 0.3) is 0 Å². The van der Waals surface area contributed by atoms with E-state index in [2.05, 4.69) is 254 Å². The highest BCUT2D eigenvalue weighted by atomic mass is 28.3. The van der Waals surface area contributed by atoms with Gasteiger partial charge in [-0.3, -0.25) is 0 Å². The Morgan fingerprint density at radius 1 is 0.367 bits per heavy atom. The lowest BCUT2D eigenvalue weighted by Gasteiger charge is -2.35. The molecule has 0 unspecified atom stereocenters. The van der Waals surface area contributed by atoms with Crippen molar-refractivity contribution in [3.8, 4) is 16.8 Å². The van der Waals surface area contributed by atoms with Crippen molar-refractivity contribution in [1.82, 2.24) is 4.57 Å². The van der Waals surface area contributed by atoms with E-state index in [9.17, 15) is 0 Å². The molecule has 1 aromatic heterocycles. The Morgan fingerprint density at radius 3 is 1.48 bits per heavy atom. The molecule has 0 bridgehead atoms. The zero-order valence-corrected chi connectivity index (χ0v) is 34.8. The van der Waals surface area contributed by atoms with Crippen molar-refractivity contribution in [2.75, 3.05) is 4.90 Å².